The first-order chi connectivity index (χ1) is 11.8. The first kappa shape index (κ1) is 19.8. The zero-order chi connectivity index (χ0) is 18.5. The SMILES string of the molecule is CCOC(=O)CNS(=O)(=O)c1ccc(S(=O)(=O)N2CCCCC2)cc1. The second-order valence-corrected chi connectivity index (χ2v) is 9.27. The topological polar surface area (TPSA) is 110 Å². The van der Waals surface area contributed by atoms with E-state index < -0.39 is 32.6 Å². The van der Waals surface area contributed by atoms with Crippen LogP contribution in [0.4, 0.5) is 0 Å². The number of nitrogens with one attached hydrogen (secondary N) is 1. The fourth-order valence-electron chi connectivity index (χ4n) is 2.49. The molecule has 0 saturated carbocycles. The smallest absolute Gasteiger partial charge is 0.321 e. The highest BCUT2D eigenvalue weighted by Gasteiger charge is 2.26. The van der Waals surface area contributed by atoms with Crippen molar-refractivity contribution in [2.45, 2.75) is 36.0 Å². The van der Waals surface area contributed by atoms with Crippen molar-refractivity contribution in [3.05, 3.63) is 24.3 Å². The van der Waals surface area contributed by atoms with E-state index in [0.717, 1.165) is 19.3 Å². The molecule has 25 heavy (non-hydrogen) atoms. The Hall–Kier alpha value is -1.49. The molecule has 0 aromatic heterocycles. The van der Waals surface area contributed by atoms with Crippen LogP contribution in [0, 0.1) is 0 Å². The largest absolute Gasteiger partial charge is 0.465 e. The standard InChI is InChI=1S/C15H22N2O6S2/c1-2-23-15(18)12-16-24(19,20)13-6-8-14(9-7-13)25(21,22)17-10-4-3-5-11-17/h6-9,16H,2-5,10-12H2,1H3. The molecule has 0 bridgehead atoms. The lowest BCUT2D eigenvalue weighted by molar-refractivity contribution is -0.141. The number of benzene rings is 1. The lowest BCUT2D eigenvalue weighted by Crippen LogP contribution is -2.35. The Labute approximate surface area is 148 Å². The van der Waals surface area contributed by atoms with E-state index in [2.05, 4.69) is 9.46 Å². The van der Waals surface area contributed by atoms with Crippen molar-refractivity contribution < 1.29 is 26.4 Å². The second-order valence-electron chi connectivity index (χ2n) is 5.57. The van der Waals surface area contributed by atoms with Crippen molar-refractivity contribution in [1.82, 2.24) is 9.03 Å². The maximum absolute atomic E-state index is 12.5. The number of hydrogen-bond donors (Lipinski definition) is 1. The predicted molar refractivity (Wildman–Crippen MR) is 90.9 cm³/mol. The number of carbonyl (C=O) groups excluding carboxylic acids is 1. The van der Waals surface area contributed by atoms with Gasteiger partial charge in [-0.2, -0.15) is 9.03 Å². The summed E-state index contributed by atoms with van der Waals surface area (Å²) >= 11 is 0. The molecule has 1 fully saturated rings. The molecular weight excluding hydrogens is 368 g/mol. The number of carbonyl (C=O) groups is 1. The minimum Gasteiger partial charge on any atom is -0.465 e. The van der Waals surface area contributed by atoms with E-state index in [4.69, 9.17) is 0 Å². The molecule has 0 aliphatic carbocycles. The van der Waals surface area contributed by atoms with Crippen LogP contribution in [-0.2, 0) is 29.6 Å². The zero-order valence-corrected chi connectivity index (χ0v) is 15.6. The molecule has 1 heterocycles. The summed E-state index contributed by atoms with van der Waals surface area (Å²) in [4.78, 5) is 11.2. The van der Waals surface area contributed by atoms with Gasteiger partial charge in [0, 0.05) is 13.1 Å². The van der Waals surface area contributed by atoms with E-state index in [-0.39, 0.29) is 16.4 Å². The molecule has 1 aliphatic heterocycles. The van der Waals surface area contributed by atoms with Crippen molar-refractivity contribution >= 4 is 26.0 Å². The minimum atomic E-state index is -3.92. The quantitative estimate of drug-likeness (QED) is 0.687. The molecule has 1 N–H and O–H groups in total. The second kappa shape index (κ2) is 8.26. The summed E-state index contributed by atoms with van der Waals surface area (Å²) in [6, 6.07) is 4.96. The maximum Gasteiger partial charge on any atom is 0.321 e. The molecule has 0 radical (unpaired) electrons. The molecule has 2 rings (SSSR count). The number of ether oxygens (including phenoxy) is 1. The fourth-order valence-corrected chi connectivity index (χ4v) is 4.98. The van der Waals surface area contributed by atoms with E-state index in [1.54, 1.807) is 6.92 Å². The van der Waals surface area contributed by atoms with Crippen molar-refractivity contribution in [3.63, 3.8) is 0 Å². The summed E-state index contributed by atoms with van der Waals surface area (Å²) in [6.45, 7) is 2.24. The van der Waals surface area contributed by atoms with E-state index in [1.165, 1.54) is 28.6 Å². The van der Waals surface area contributed by atoms with Gasteiger partial charge in [0.25, 0.3) is 0 Å². The molecule has 10 heteroatoms. The normalized spacial score (nSPS) is 16.5. The Bertz CT molecular complexity index is 797. The fraction of sp³-hybridized carbons (Fsp3) is 0.533. The molecule has 0 unspecified atom stereocenters. The van der Waals surface area contributed by atoms with Gasteiger partial charge < -0.3 is 4.74 Å². The maximum atomic E-state index is 12.5. The Morgan fingerprint density at radius 3 is 2.16 bits per heavy atom. The molecule has 0 spiro atoms. The number of piperidine rings is 1. The Morgan fingerprint density at radius 1 is 1.04 bits per heavy atom. The van der Waals surface area contributed by atoms with Crippen LogP contribution in [-0.4, -0.2) is 53.4 Å². The van der Waals surface area contributed by atoms with Gasteiger partial charge in [0.1, 0.15) is 6.54 Å². The Morgan fingerprint density at radius 2 is 1.60 bits per heavy atom. The summed E-state index contributed by atoms with van der Waals surface area (Å²) in [5, 5.41) is 0. The number of sulfonamides is 2. The number of esters is 1. The van der Waals surface area contributed by atoms with Crippen molar-refractivity contribution in [2.24, 2.45) is 0 Å². The molecule has 1 aromatic rings. The molecule has 1 aliphatic rings. The molecule has 0 amide bonds. The van der Waals surface area contributed by atoms with Gasteiger partial charge in [0.15, 0.2) is 0 Å². The van der Waals surface area contributed by atoms with E-state index in [9.17, 15) is 21.6 Å². The van der Waals surface area contributed by atoms with Crippen molar-refractivity contribution in [2.75, 3.05) is 26.2 Å². The molecule has 1 saturated heterocycles. The summed E-state index contributed by atoms with van der Waals surface area (Å²) < 4.78 is 57.5. The van der Waals surface area contributed by atoms with Crippen molar-refractivity contribution in [1.29, 1.82) is 0 Å². The summed E-state index contributed by atoms with van der Waals surface area (Å²) in [5.41, 5.74) is 0. The molecule has 1 aromatic carbocycles. The summed E-state index contributed by atoms with van der Waals surface area (Å²) in [6.07, 6.45) is 2.66. The van der Waals surface area contributed by atoms with Gasteiger partial charge >= 0.3 is 5.97 Å². The number of rotatable bonds is 7. The van der Waals surface area contributed by atoms with Gasteiger partial charge in [0.05, 0.1) is 16.4 Å². The lowest BCUT2D eigenvalue weighted by atomic mass is 10.2. The van der Waals surface area contributed by atoms with Gasteiger partial charge in [0.2, 0.25) is 20.0 Å². The Kier molecular flexibility index (Phi) is 6.55. The summed E-state index contributed by atoms with van der Waals surface area (Å²) in [5.74, 6) is -0.685. The molecule has 140 valence electrons. The number of hydrogen-bond acceptors (Lipinski definition) is 6. The Balaban J connectivity index is 2.11. The minimum absolute atomic E-state index is 0.0544. The first-order valence-corrected chi connectivity index (χ1v) is 10.9. The number of nitrogens with zero attached hydrogens (tertiary/aromatic N) is 1. The zero-order valence-electron chi connectivity index (χ0n) is 14.0. The van der Waals surface area contributed by atoms with Crippen LogP contribution >= 0.6 is 0 Å². The third-order valence-electron chi connectivity index (χ3n) is 3.80. The van der Waals surface area contributed by atoms with Crippen molar-refractivity contribution in [3.8, 4) is 0 Å². The highest BCUT2D eigenvalue weighted by Crippen LogP contribution is 2.21. The van der Waals surface area contributed by atoms with Crippen LogP contribution in [0.3, 0.4) is 0 Å². The van der Waals surface area contributed by atoms with E-state index in [1.807, 2.05) is 0 Å². The predicted octanol–water partition coefficient (Wildman–Crippen LogP) is 0.703. The highest BCUT2D eigenvalue weighted by atomic mass is 32.2. The van der Waals surface area contributed by atoms with Gasteiger partial charge in [-0.1, -0.05) is 6.42 Å². The van der Waals surface area contributed by atoms with Crippen LogP contribution in [0.15, 0.2) is 34.1 Å². The van der Waals surface area contributed by atoms with E-state index >= 15 is 0 Å². The van der Waals surface area contributed by atoms with Crippen LogP contribution in [0.5, 0.6) is 0 Å². The van der Waals surface area contributed by atoms with Gasteiger partial charge in [-0.3, -0.25) is 4.79 Å². The van der Waals surface area contributed by atoms with Gasteiger partial charge in [-0.05, 0) is 44.0 Å². The third-order valence-corrected chi connectivity index (χ3v) is 7.13. The monoisotopic (exact) mass is 390 g/mol. The summed E-state index contributed by atoms with van der Waals surface area (Å²) in [7, 11) is -7.53. The lowest BCUT2D eigenvalue weighted by Gasteiger charge is -2.25. The van der Waals surface area contributed by atoms with Crippen LogP contribution in [0.25, 0.3) is 0 Å². The average molecular weight is 390 g/mol. The highest BCUT2D eigenvalue weighted by molar-refractivity contribution is 7.89. The molecule has 8 nitrogen and oxygen atoms in total. The van der Waals surface area contributed by atoms with Gasteiger partial charge in [-0.25, -0.2) is 16.8 Å². The molecule has 0 atom stereocenters. The van der Waals surface area contributed by atoms with Crippen LogP contribution < -0.4 is 4.72 Å². The van der Waals surface area contributed by atoms with Crippen LogP contribution in [0.1, 0.15) is 26.2 Å². The van der Waals surface area contributed by atoms with Gasteiger partial charge in [-0.15, -0.1) is 0 Å². The first-order valence-electron chi connectivity index (χ1n) is 8.03. The van der Waals surface area contributed by atoms with Crippen LogP contribution in [0.2, 0.25) is 0 Å². The molecular formula is C15H22N2O6S2. The van der Waals surface area contributed by atoms with E-state index in [0.29, 0.717) is 13.1 Å². The average Bonchev–Trinajstić information content (AvgIpc) is 2.61. The third kappa shape index (κ3) is 5.00.